The zero-order valence-electron chi connectivity index (χ0n) is 20.4. The number of aliphatic carboxylic acids is 1. The number of hydroxylamine groups is 1. The van der Waals surface area contributed by atoms with Gasteiger partial charge in [-0.25, -0.2) is 15.3 Å². The number of alkyl halides is 3. The molecule has 8 nitrogen and oxygen atoms in total. The number of nitrogens with one attached hydrogen (secondary N) is 1. The van der Waals surface area contributed by atoms with E-state index >= 15 is 0 Å². The average Bonchev–Trinajstić information content (AvgIpc) is 2.94. The highest BCUT2D eigenvalue weighted by molar-refractivity contribution is 5.92. The monoisotopic (exact) mass is 539 g/mol. The Bertz CT molecular complexity index is 1390. The molecule has 1 aliphatic rings. The van der Waals surface area contributed by atoms with Gasteiger partial charge in [0.15, 0.2) is 0 Å². The number of aromatic nitrogens is 1. The van der Waals surface area contributed by atoms with Gasteiger partial charge >= 0.3 is 12.1 Å². The molecule has 2 aromatic carbocycles. The van der Waals surface area contributed by atoms with Crippen molar-refractivity contribution in [2.75, 3.05) is 6.54 Å². The summed E-state index contributed by atoms with van der Waals surface area (Å²) in [6.45, 7) is 1.25. The number of carbonyl (C=O) groups excluding carboxylic acids is 2. The van der Waals surface area contributed by atoms with Crippen LogP contribution in [0.4, 0.5) is 13.2 Å². The summed E-state index contributed by atoms with van der Waals surface area (Å²) in [4.78, 5) is 38.9. The van der Waals surface area contributed by atoms with Gasteiger partial charge in [-0.1, -0.05) is 54.6 Å². The van der Waals surface area contributed by atoms with Crippen LogP contribution >= 0.6 is 0 Å². The molecule has 0 unspecified atom stereocenters. The first-order chi connectivity index (χ1) is 18.6. The number of fused-ring (bicyclic) bond motifs is 1. The topological polar surface area (TPSA) is 120 Å². The standard InChI is InChI=1S/C26H23N3O3.C2HF3O2/c30-25(28-32)13-11-23-7-4-8-24(27-23)12-14-26(31)29-16-15-21-17-20(9-10-22(21)18-29)19-5-2-1-3-6-19;3-2(4,5)1(6)7/h1-14,17,32H,15-16,18H2,(H,28,30);(H,6,7)/b13-11+,14-12+;. The average molecular weight is 540 g/mol. The van der Waals surface area contributed by atoms with Gasteiger partial charge < -0.3 is 10.0 Å². The fourth-order valence-corrected chi connectivity index (χ4v) is 3.67. The van der Waals surface area contributed by atoms with E-state index in [1.807, 2.05) is 23.1 Å². The molecule has 4 rings (SSSR count). The predicted molar refractivity (Wildman–Crippen MR) is 137 cm³/mol. The Kier molecular flexibility index (Phi) is 9.71. The maximum atomic E-state index is 12.7. The number of benzene rings is 2. The van der Waals surface area contributed by atoms with Crippen LogP contribution in [0.1, 0.15) is 22.5 Å². The Morgan fingerprint density at radius 1 is 0.872 bits per heavy atom. The summed E-state index contributed by atoms with van der Waals surface area (Å²) in [5.41, 5.74) is 7.52. The van der Waals surface area contributed by atoms with Gasteiger partial charge in [-0.3, -0.25) is 14.8 Å². The van der Waals surface area contributed by atoms with Gasteiger partial charge in [0.2, 0.25) is 5.91 Å². The van der Waals surface area contributed by atoms with Crippen molar-refractivity contribution >= 4 is 29.9 Å². The van der Waals surface area contributed by atoms with Crippen LogP contribution in [0, 0.1) is 0 Å². The van der Waals surface area contributed by atoms with E-state index in [9.17, 15) is 22.8 Å². The first kappa shape index (κ1) is 28.8. The third-order valence-corrected chi connectivity index (χ3v) is 5.58. The second-order valence-corrected chi connectivity index (χ2v) is 8.29. The Hall–Kier alpha value is -4.77. The predicted octanol–water partition coefficient (Wildman–Crippen LogP) is 4.50. The summed E-state index contributed by atoms with van der Waals surface area (Å²) in [7, 11) is 0. The zero-order chi connectivity index (χ0) is 28.4. The molecule has 0 saturated heterocycles. The Morgan fingerprint density at radius 2 is 1.51 bits per heavy atom. The summed E-state index contributed by atoms with van der Waals surface area (Å²) in [6, 6.07) is 22.0. The van der Waals surface area contributed by atoms with Gasteiger partial charge in [-0.2, -0.15) is 13.2 Å². The molecular weight excluding hydrogens is 515 g/mol. The third kappa shape index (κ3) is 8.64. The van der Waals surface area contributed by atoms with E-state index in [0.717, 1.165) is 6.42 Å². The van der Waals surface area contributed by atoms with Gasteiger partial charge in [-0.15, -0.1) is 0 Å². The number of nitrogens with zero attached hydrogens (tertiary/aromatic N) is 2. The normalized spacial score (nSPS) is 13.0. The lowest BCUT2D eigenvalue weighted by atomic mass is 9.94. The van der Waals surface area contributed by atoms with Crippen LogP contribution in [-0.2, 0) is 27.3 Å². The van der Waals surface area contributed by atoms with Crippen molar-refractivity contribution in [3.05, 3.63) is 101 Å². The molecule has 0 atom stereocenters. The van der Waals surface area contributed by atoms with Crippen LogP contribution in [-0.4, -0.2) is 50.7 Å². The van der Waals surface area contributed by atoms with Gasteiger partial charge in [0.1, 0.15) is 0 Å². The quantitative estimate of drug-likeness (QED) is 0.250. The molecule has 0 bridgehead atoms. The van der Waals surface area contributed by atoms with E-state index in [2.05, 4.69) is 35.3 Å². The van der Waals surface area contributed by atoms with Crippen LogP contribution in [0.5, 0.6) is 0 Å². The Balaban J connectivity index is 0.000000532. The van der Waals surface area contributed by atoms with Crippen molar-refractivity contribution in [3.8, 4) is 11.1 Å². The Labute approximate surface area is 221 Å². The maximum absolute atomic E-state index is 12.7. The number of carbonyl (C=O) groups is 3. The number of hydrogen-bond acceptors (Lipinski definition) is 5. The molecule has 2 heterocycles. The molecule has 2 amide bonds. The third-order valence-electron chi connectivity index (χ3n) is 5.58. The first-order valence-electron chi connectivity index (χ1n) is 11.6. The summed E-state index contributed by atoms with van der Waals surface area (Å²) in [5, 5.41) is 15.7. The van der Waals surface area contributed by atoms with E-state index < -0.39 is 18.1 Å². The second-order valence-electron chi connectivity index (χ2n) is 8.29. The highest BCUT2D eigenvalue weighted by Gasteiger charge is 2.38. The minimum absolute atomic E-state index is 0.0646. The largest absolute Gasteiger partial charge is 0.490 e. The molecule has 0 saturated carbocycles. The molecule has 3 aromatic rings. The number of hydrogen-bond donors (Lipinski definition) is 3. The van der Waals surface area contributed by atoms with E-state index in [1.165, 1.54) is 46.0 Å². The molecule has 11 heteroatoms. The van der Waals surface area contributed by atoms with Crippen molar-refractivity contribution < 1.29 is 37.9 Å². The minimum atomic E-state index is -5.08. The van der Waals surface area contributed by atoms with E-state index in [0.29, 0.717) is 24.5 Å². The van der Waals surface area contributed by atoms with Gasteiger partial charge in [0, 0.05) is 25.2 Å². The molecule has 0 radical (unpaired) electrons. The maximum Gasteiger partial charge on any atom is 0.490 e. The van der Waals surface area contributed by atoms with Gasteiger partial charge in [0.25, 0.3) is 5.91 Å². The van der Waals surface area contributed by atoms with Crippen molar-refractivity contribution in [1.29, 1.82) is 0 Å². The van der Waals surface area contributed by atoms with Crippen LogP contribution in [0.15, 0.2) is 78.9 Å². The summed E-state index contributed by atoms with van der Waals surface area (Å²) in [5.74, 6) is -3.46. The number of halogens is 3. The fourth-order valence-electron chi connectivity index (χ4n) is 3.67. The SMILES string of the molecule is O=C(/C=C/c1cccc(/C=C/C(=O)N2CCc3cc(-c4ccccc4)ccc3C2)n1)NO.O=C(O)C(F)(F)F. The van der Waals surface area contributed by atoms with Crippen molar-refractivity contribution in [3.63, 3.8) is 0 Å². The number of rotatable bonds is 5. The number of carboxylic acid groups (broad SMARTS) is 1. The Morgan fingerprint density at radius 3 is 2.13 bits per heavy atom. The zero-order valence-corrected chi connectivity index (χ0v) is 20.4. The number of pyridine rings is 1. The first-order valence-corrected chi connectivity index (χ1v) is 11.6. The lowest BCUT2D eigenvalue weighted by Crippen LogP contribution is -2.34. The number of carboxylic acids is 1. The smallest absolute Gasteiger partial charge is 0.475 e. The van der Waals surface area contributed by atoms with Crippen LogP contribution in [0.25, 0.3) is 23.3 Å². The van der Waals surface area contributed by atoms with Crippen molar-refractivity contribution in [2.45, 2.75) is 19.1 Å². The summed E-state index contributed by atoms with van der Waals surface area (Å²) >= 11 is 0. The number of amides is 2. The van der Waals surface area contributed by atoms with Gasteiger partial charge in [0.05, 0.1) is 11.4 Å². The minimum Gasteiger partial charge on any atom is -0.475 e. The summed E-state index contributed by atoms with van der Waals surface area (Å²) in [6.07, 6.45) is 1.59. The van der Waals surface area contributed by atoms with E-state index in [-0.39, 0.29) is 5.91 Å². The molecule has 202 valence electrons. The molecule has 39 heavy (non-hydrogen) atoms. The molecular formula is C28H24F3N3O5. The van der Waals surface area contributed by atoms with Crippen molar-refractivity contribution in [1.82, 2.24) is 15.4 Å². The highest BCUT2D eigenvalue weighted by Crippen LogP contribution is 2.26. The van der Waals surface area contributed by atoms with E-state index in [1.54, 1.807) is 24.3 Å². The highest BCUT2D eigenvalue weighted by atomic mass is 19.4. The van der Waals surface area contributed by atoms with E-state index in [4.69, 9.17) is 15.1 Å². The lowest BCUT2D eigenvalue weighted by Gasteiger charge is -2.28. The fraction of sp³-hybridized carbons (Fsp3) is 0.143. The lowest BCUT2D eigenvalue weighted by molar-refractivity contribution is -0.192. The molecule has 0 spiro atoms. The molecule has 3 N–H and O–H groups in total. The summed E-state index contributed by atoms with van der Waals surface area (Å²) < 4.78 is 31.7. The van der Waals surface area contributed by atoms with Crippen LogP contribution < -0.4 is 5.48 Å². The van der Waals surface area contributed by atoms with Gasteiger partial charge in [-0.05, 0) is 53.0 Å². The van der Waals surface area contributed by atoms with Crippen LogP contribution in [0.3, 0.4) is 0 Å². The van der Waals surface area contributed by atoms with Crippen LogP contribution in [0.2, 0.25) is 0 Å². The van der Waals surface area contributed by atoms with Crippen molar-refractivity contribution in [2.24, 2.45) is 0 Å². The molecule has 0 fully saturated rings. The molecule has 0 aliphatic carbocycles. The molecule has 1 aliphatic heterocycles. The second kappa shape index (κ2) is 13.2. The molecule has 1 aromatic heterocycles.